The van der Waals surface area contributed by atoms with Crippen molar-refractivity contribution in [3.05, 3.63) is 47.5 Å². The van der Waals surface area contributed by atoms with Crippen molar-refractivity contribution >= 4 is 11.8 Å². The molecule has 28 heavy (non-hydrogen) atoms. The molecule has 2 saturated heterocycles. The Morgan fingerprint density at radius 1 is 1.32 bits per heavy atom. The summed E-state index contributed by atoms with van der Waals surface area (Å²) in [6.45, 7) is 2.17. The van der Waals surface area contributed by atoms with Crippen molar-refractivity contribution in [3.63, 3.8) is 0 Å². The smallest absolute Gasteiger partial charge is 0.292 e. The van der Waals surface area contributed by atoms with Gasteiger partial charge in [0, 0.05) is 38.0 Å². The molecule has 0 bridgehead atoms. The van der Waals surface area contributed by atoms with E-state index in [1.54, 1.807) is 15.9 Å². The Labute approximate surface area is 162 Å². The molecule has 8 heteroatoms. The van der Waals surface area contributed by atoms with Crippen LogP contribution in [0.15, 0.2) is 34.9 Å². The Balaban J connectivity index is 1.37. The molecule has 0 aliphatic carbocycles. The van der Waals surface area contributed by atoms with Crippen LogP contribution >= 0.6 is 0 Å². The van der Waals surface area contributed by atoms with E-state index >= 15 is 0 Å². The number of rotatable bonds is 4. The summed E-state index contributed by atoms with van der Waals surface area (Å²) in [7, 11) is 1.46. The maximum atomic E-state index is 13.4. The first-order valence-electron chi connectivity index (χ1n) is 9.30. The predicted molar refractivity (Wildman–Crippen MR) is 97.1 cm³/mol. The number of benzene rings is 1. The SMILES string of the molecule is COc1cc(C(=O)N2CCC3(CC2)CC(=O)N(Cc2cccc(F)c2)C3)on1. The van der Waals surface area contributed by atoms with Crippen LogP contribution in [0.1, 0.15) is 35.4 Å². The number of amides is 2. The van der Waals surface area contributed by atoms with E-state index in [0.717, 1.165) is 18.4 Å². The van der Waals surface area contributed by atoms with Crippen LogP contribution in [0.3, 0.4) is 0 Å². The fourth-order valence-electron chi connectivity index (χ4n) is 4.11. The maximum absolute atomic E-state index is 13.4. The molecule has 0 unspecified atom stereocenters. The molecular formula is C20H22FN3O4. The Kier molecular flexibility index (Phi) is 4.78. The molecule has 1 aromatic heterocycles. The van der Waals surface area contributed by atoms with Crippen LogP contribution in [0.25, 0.3) is 0 Å². The third-order valence-corrected chi connectivity index (χ3v) is 5.69. The topological polar surface area (TPSA) is 75.9 Å². The van der Waals surface area contributed by atoms with Gasteiger partial charge < -0.3 is 19.1 Å². The fraction of sp³-hybridized carbons (Fsp3) is 0.450. The van der Waals surface area contributed by atoms with Gasteiger partial charge in [-0.2, -0.15) is 0 Å². The number of piperidine rings is 1. The lowest BCUT2D eigenvalue weighted by atomic mass is 9.77. The first kappa shape index (κ1) is 18.5. The largest absolute Gasteiger partial charge is 0.479 e. The summed E-state index contributed by atoms with van der Waals surface area (Å²) < 4.78 is 23.4. The third-order valence-electron chi connectivity index (χ3n) is 5.69. The fourth-order valence-corrected chi connectivity index (χ4v) is 4.11. The van der Waals surface area contributed by atoms with Crippen molar-refractivity contribution in [2.24, 2.45) is 5.41 Å². The molecule has 2 aromatic rings. The van der Waals surface area contributed by atoms with Gasteiger partial charge in [-0.05, 0) is 35.7 Å². The molecule has 0 saturated carbocycles. The molecule has 2 aliphatic rings. The van der Waals surface area contributed by atoms with E-state index in [2.05, 4.69) is 5.16 Å². The van der Waals surface area contributed by atoms with Gasteiger partial charge in [0.2, 0.25) is 11.7 Å². The van der Waals surface area contributed by atoms with Gasteiger partial charge in [-0.3, -0.25) is 9.59 Å². The zero-order valence-electron chi connectivity index (χ0n) is 15.7. The van der Waals surface area contributed by atoms with Crippen LogP contribution in [0.5, 0.6) is 5.88 Å². The number of likely N-dealkylation sites (tertiary alicyclic amines) is 2. The lowest BCUT2D eigenvalue weighted by Crippen LogP contribution is -2.44. The number of ether oxygens (including phenoxy) is 1. The van der Waals surface area contributed by atoms with Gasteiger partial charge in [-0.15, -0.1) is 0 Å². The van der Waals surface area contributed by atoms with E-state index in [0.29, 0.717) is 32.6 Å². The molecule has 4 rings (SSSR count). The van der Waals surface area contributed by atoms with E-state index < -0.39 is 0 Å². The van der Waals surface area contributed by atoms with Gasteiger partial charge in [0.15, 0.2) is 0 Å². The van der Waals surface area contributed by atoms with Crippen molar-refractivity contribution < 1.29 is 23.2 Å². The van der Waals surface area contributed by atoms with Crippen molar-refractivity contribution in [1.29, 1.82) is 0 Å². The quantitative estimate of drug-likeness (QED) is 0.806. The first-order chi connectivity index (χ1) is 13.5. The summed E-state index contributed by atoms with van der Waals surface area (Å²) >= 11 is 0. The number of hydrogen-bond acceptors (Lipinski definition) is 5. The number of nitrogens with zero attached hydrogens (tertiary/aromatic N) is 3. The number of methoxy groups -OCH3 is 1. The van der Waals surface area contributed by atoms with E-state index in [1.807, 2.05) is 6.07 Å². The zero-order valence-corrected chi connectivity index (χ0v) is 15.7. The van der Waals surface area contributed by atoms with Gasteiger partial charge >= 0.3 is 0 Å². The second-order valence-electron chi connectivity index (χ2n) is 7.58. The van der Waals surface area contributed by atoms with E-state index in [9.17, 15) is 14.0 Å². The van der Waals surface area contributed by atoms with Gasteiger partial charge in [-0.25, -0.2) is 4.39 Å². The highest BCUT2D eigenvalue weighted by Crippen LogP contribution is 2.41. The van der Waals surface area contributed by atoms with Crippen molar-refractivity contribution in [2.45, 2.75) is 25.8 Å². The Hall–Kier alpha value is -2.90. The normalized spacial score (nSPS) is 18.7. The first-order valence-corrected chi connectivity index (χ1v) is 9.30. The lowest BCUT2D eigenvalue weighted by molar-refractivity contribution is -0.128. The average Bonchev–Trinajstić information content (AvgIpc) is 3.27. The van der Waals surface area contributed by atoms with Gasteiger partial charge in [0.25, 0.3) is 11.8 Å². The van der Waals surface area contributed by atoms with Crippen LogP contribution in [0.2, 0.25) is 0 Å². The minimum atomic E-state index is -0.297. The summed E-state index contributed by atoms with van der Waals surface area (Å²) in [5, 5.41) is 3.66. The van der Waals surface area contributed by atoms with E-state index in [-0.39, 0.29) is 34.7 Å². The molecule has 1 aromatic carbocycles. The minimum absolute atomic E-state index is 0.0870. The second-order valence-corrected chi connectivity index (χ2v) is 7.58. The third kappa shape index (κ3) is 3.58. The van der Waals surface area contributed by atoms with Crippen LogP contribution < -0.4 is 4.74 Å². The standard InChI is InChI=1S/C20H22FN3O4/c1-27-17-10-16(28-22-17)19(26)23-7-5-20(6-8-23)11-18(25)24(13-20)12-14-3-2-4-15(21)9-14/h2-4,9-10H,5-8,11-13H2,1H3. The zero-order chi connectivity index (χ0) is 19.7. The van der Waals surface area contributed by atoms with Crippen LogP contribution in [0, 0.1) is 11.2 Å². The average molecular weight is 387 g/mol. The molecule has 0 N–H and O–H groups in total. The van der Waals surface area contributed by atoms with Crippen LogP contribution in [0.4, 0.5) is 4.39 Å². The number of aromatic nitrogens is 1. The van der Waals surface area contributed by atoms with Crippen LogP contribution in [-0.2, 0) is 11.3 Å². The second kappa shape index (κ2) is 7.26. The summed E-state index contributed by atoms with van der Waals surface area (Å²) in [4.78, 5) is 28.6. The highest BCUT2D eigenvalue weighted by Gasteiger charge is 2.45. The molecule has 1 spiro atoms. The summed E-state index contributed by atoms with van der Waals surface area (Å²) in [6, 6.07) is 7.82. The minimum Gasteiger partial charge on any atom is -0.479 e. The predicted octanol–water partition coefficient (Wildman–Crippen LogP) is 2.48. The summed E-state index contributed by atoms with van der Waals surface area (Å²) in [5.74, 6) is -0.000404. The summed E-state index contributed by atoms with van der Waals surface area (Å²) in [6.07, 6.45) is 1.96. The Morgan fingerprint density at radius 3 is 2.79 bits per heavy atom. The van der Waals surface area contributed by atoms with Gasteiger partial charge in [0.05, 0.1) is 13.2 Å². The molecule has 2 aliphatic heterocycles. The van der Waals surface area contributed by atoms with Crippen molar-refractivity contribution in [1.82, 2.24) is 15.0 Å². The molecular weight excluding hydrogens is 365 g/mol. The number of carbonyl (C=O) groups is 2. The molecule has 3 heterocycles. The maximum Gasteiger partial charge on any atom is 0.292 e. The highest BCUT2D eigenvalue weighted by atomic mass is 19.1. The molecule has 0 radical (unpaired) electrons. The van der Waals surface area contributed by atoms with Gasteiger partial charge in [0.1, 0.15) is 5.82 Å². The molecule has 7 nitrogen and oxygen atoms in total. The number of hydrogen-bond donors (Lipinski definition) is 0. The number of halogens is 1. The summed E-state index contributed by atoms with van der Waals surface area (Å²) in [5.41, 5.74) is 0.664. The molecule has 0 atom stereocenters. The van der Waals surface area contributed by atoms with E-state index in [4.69, 9.17) is 9.26 Å². The highest BCUT2D eigenvalue weighted by molar-refractivity contribution is 5.91. The molecule has 148 valence electrons. The Morgan fingerprint density at radius 2 is 2.11 bits per heavy atom. The molecule has 2 amide bonds. The van der Waals surface area contributed by atoms with Crippen molar-refractivity contribution in [3.8, 4) is 5.88 Å². The lowest BCUT2D eigenvalue weighted by Gasteiger charge is -2.38. The number of carbonyl (C=O) groups excluding carboxylic acids is 2. The molecule has 2 fully saturated rings. The monoisotopic (exact) mass is 387 g/mol. The van der Waals surface area contributed by atoms with E-state index in [1.165, 1.54) is 25.3 Å². The Bertz CT molecular complexity index is 889. The van der Waals surface area contributed by atoms with Gasteiger partial charge in [-0.1, -0.05) is 12.1 Å². The van der Waals surface area contributed by atoms with Crippen LogP contribution in [-0.4, -0.2) is 53.5 Å². The van der Waals surface area contributed by atoms with Crippen molar-refractivity contribution in [2.75, 3.05) is 26.7 Å².